The Hall–Kier alpha value is -2.18. The zero-order valence-electron chi connectivity index (χ0n) is 13.5. The molecule has 1 saturated heterocycles. The maximum absolute atomic E-state index is 6.08. The van der Waals surface area contributed by atoms with Crippen molar-refractivity contribution in [1.82, 2.24) is 14.9 Å². The van der Waals surface area contributed by atoms with E-state index in [2.05, 4.69) is 37.7 Å². The van der Waals surface area contributed by atoms with Crippen LogP contribution in [0.2, 0.25) is 0 Å². The average molecular weight is 339 g/mol. The van der Waals surface area contributed by atoms with E-state index in [1.165, 1.54) is 17.7 Å². The van der Waals surface area contributed by atoms with E-state index >= 15 is 0 Å². The number of nitrogens with two attached hydrogens (primary N) is 1. The maximum Gasteiger partial charge on any atom is 0.225 e. The summed E-state index contributed by atoms with van der Waals surface area (Å²) in [6, 6.07) is 12.5. The molecule has 124 valence electrons. The van der Waals surface area contributed by atoms with Crippen LogP contribution < -0.4 is 11.1 Å². The first kappa shape index (κ1) is 15.4. The summed E-state index contributed by atoms with van der Waals surface area (Å²) in [5.41, 5.74) is 6.96. The Morgan fingerprint density at radius 1 is 1.12 bits per heavy atom. The molecule has 4 rings (SSSR count). The highest BCUT2D eigenvalue weighted by Gasteiger charge is 2.24. The molecule has 1 aliphatic rings. The smallest absolute Gasteiger partial charge is 0.225 e. The van der Waals surface area contributed by atoms with Crippen LogP contribution in [0.4, 0.5) is 11.8 Å². The van der Waals surface area contributed by atoms with Crippen LogP contribution in [0.5, 0.6) is 0 Å². The highest BCUT2D eigenvalue weighted by molar-refractivity contribution is 7.10. The van der Waals surface area contributed by atoms with E-state index in [1.54, 1.807) is 0 Å². The van der Waals surface area contributed by atoms with Crippen molar-refractivity contribution in [2.45, 2.75) is 18.9 Å². The molecule has 5 nitrogen and oxygen atoms in total. The summed E-state index contributed by atoms with van der Waals surface area (Å²) in [5, 5.41) is 6.45. The van der Waals surface area contributed by atoms with E-state index in [1.807, 2.05) is 35.6 Å². The summed E-state index contributed by atoms with van der Waals surface area (Å²) in [5.74, 6) is 1.13. The summed E-state index contributed by atoms with van der Waals surface area (Å²) in [7, 11) is 0. The van der Waals surface area contributed by atoms with Crippen molar-refractivity contribution in [3.8, 4) is 0 Å². The van der Waals surface area contributed by atoms with Crippen LogP contribution in [0, 0.1) is 0 Å². The fourth-order valence-electron chi connectivity index (χ4n) is 3.31. The van der Waals surface area contributed by atoms with E-state index < -0.39 is 0 Å². The summed E-state index contributed by atoms with van der Waals surface area (Å²) in [6.45, 7) is 3.11. The number of thiophene rings is 1. The van der Waals surface area contributed by atoms with E-state index in [9.17, 15) is 0 Å². The second-order valence-electron chi connectivity index (χ2n) is 6.10. The molecule has 3 N–H and O–H groups in total. The summed E-state index contributed by atoms with van der Waals surface area (Å²) in [4.78, 5) is 13.0. The minimum Gasteiger partial charge on any atom is -0.383 e. The molecule has 0 saturated carbocycles. The number of para-hydroxylation sites is 1. The average Bonchev–Trinajstić information content (AvgIpc) is 3.29. The number of fused-ring (bicyclic) bond motifs is 1. The molecule has 0 radical (unpaired) electrons. The Kier molecular flexibility index (Phi) is 4.32. The fourth-order valence-corrected chi connectivity index (χ4v) is 4.17. The lowest BCUT2D eigenvalue weighted by molar-refractivity contribution is 0.259. The fraction of sp³-hybridized carbons (Fsp3) is 0.333. The maximum atomic E-state index is 6.08. The van der Waals surface area contributed by atoms with Crippen LogP contribution >= 0.6 is 11.3 Å². The number of rotatable bonds is 5. The first-order chi connectivity index (χ1) is 11.8. The van der Waals surface area contributed by atoms with Crippen molar-refractivity contribution in [3.63, 3.8) is 0 Å². The third kappa shape index (κ3) is 3.07. The second-order valence-corrected chi connectivity index (χ2v) is 7.08. The monoisotopic (exact) mass is 339 g/mol. The third-order valence-corrected chi connectivity index (χ3v) is 5.51. The molecule has 24 heavy (non-hydrogen) atoms. The first-order valence-corrected chi connectivity index (χ1v) is 9.23. The molecular formula is C18H21N5S. The van der Waals surface area contributed by atoms with Crippen LogP contribution in [0.15, 0.2) is 41.8 Å². The second kappa shape index (κ2) is 6.75. The molecule has 0 amide bonds. The standard InChI is InChI=1S/C18H21N5S/c19-17-13-6-1-2-7-14(13)21-18(22-17)20-12-15(16-8-5-11-24-16)23-9-3-4-10-23/h1-2,5-8,11,15H,3-4,9-10,12H2,(H3,19,20,21,22). The predicted molar refractivity (Wildman–Crippen MR) is 100 cm³/mol. The van der Waals surface area contributed by atoms with Gasteiger partial charge in [-0.15, -0.1) is 11.3 Å². The molecule has 3 heterocycles. The van der Waals surface area contributed by atoms with Crippen molar-refractivity contribution in [3.05, 3.63) is 46.7 Å². The van der Waals surface area contributed by atoms with E-state index in [4.69, 9.17) is 5.73 Å². The lowest BCUT2D eigenvalue weighted by Gasteiger charge is -2.27. The van der Waals surface area contributed by atoms with Gasteiger partial charge in [0.05, 0.1) is 11.6 Å². The van der Waals surface area contributed by atoms with Gasteiger partial charge in [0.2, 0.25) is 5.95 Å². The number of hydrogen-bond donors (Lipinski definition) is 2. The molecule has 1 fully saturated rings. The Morgan fingerprint density at radius 3 is 2.75 bits per heavy atom. The van der Waals surface area contributed by atoms with Crippen molar-refractivity contribution in [1.29, 1.82) is 0 Å². The highest BCUT2D eigenvalue weighted by atomic mass is 32.1. The largest absolute Gasteiger partial charge is 0.383 e. The molecule has 1 unspecified atom stereocenters. The van der Waals surface area contributed by atoms with Crippen LogP contribution in [0.3, 0.4) is 0 Å². The number of aromatic nitrogens is 2. The van der Waals surface area contributed by atoms with Crippen LogP contribution in [0.25, 0.3) is 10.9 Å². The zero-order valence-corrected chi connectivity index (χ0v) is 14.3. The van der Waals surface area contributed by atoms with Gasteiger partial charge in [0.15, 0.2) is 0 Å². The van der Waals surface area contributed by atoms with Gasteiger partial charge in [-0.3, -0.25) is 4.90 Å². The predicted octanol–water partition coefficient (Wildman–Crippen LogP) is 3.52. The highest BCUT2D eigenvalue weighted by Crippen LogP contribution is 2.29. The molecule has 3 aromatic rings. The zero-order chi connectivity index (χ0) is 16.4. The molecule has 6 heteroatoms. The van der Waals surface area contributed by atoms with Crippen molar-refractivity contribution in [2.75, 3.05) is 30.7 Å². The Bertz CT molecular complexity index is 811. The molecule has 1 aromatic carbocycles. The number of benzene rings is 1. The van der Waals surface area contributed by atoms with E-state index in [-0.39, 0.29) is 0 Å². The Morgan fingerprint density at radius 2 is 1.96 bits per heavy atom. The number of anilines is 2. The number of likely N-dealkylation sites (tertiary alicyclic amines) is 1. The minimum atomic E-state index is 0.365. The quantitative estimate of drug-likeness (QED) is 0.744. The van der Waals surface area contributed by atoms with Gasteiger partial charge in [-0.2, -0.15) is 4.98 Å². The number of hydrogen-bond acceptors (Lipinski definition) is 6. The lowest BCUT2D eigenvalue weighted by atomic mass is 10.2. The van der Waals surface area contributed by atoms with Gasteiger partial charge in [-0.1, -0.05) is 18.2 Å². The molecule has 1 atom stereocenters. The van der Waals surface area contributed by atoms with Gasteiger partial charge in [0.25, 0.3) is 0 Å². The Labute approximate surface area is 145 Å². The Balaban J connectivity index is 1.55. The number of nitrogen functional groups attached to an aromatic ring is 1. The lowest BCUT2D eigenvalue weighted by Crippen LogP contribution is -2.30. The van der Waals surface area contributed by atoms with Gasteiger partial charge in [-0.05, 0) is 49.5 Å². The number of nitrogens with zero attached hydrogens (tertiary/aromatic N) is 3. The molecular weight excluding hydrogens is 318 g/mol. The van der Waals surface area contributed by atoms with Crippen molar-refractivity contribution < 1.29 is 0 Å². The molecule has 1 aliphatic heterocycles. The number of nitrogens with one attached hydrogen (secondary N) is 1. The normalized spacial score (nSPS) is 16.5. The van der Waals surface area contributed by atoms with Crippen molar-refractivity contribution in [2.24, 2.45) is 0 Å². The molecule has 0 spiro atoms. The minimum absolute atomic E-state index is 0.365. The van der Waals surface area contributed by atoms with Gasteiger partial charge >= 0.3 is 0 Å². The molecule has 0 aliphatic carbocycles. The molecule has 2 aromatic heterocycles. The molecule has 0 bridgehead atoms. The van der Waals surface area contributed by atoms with Crippen LogP contribution in [-0.4, -0.2) is 34.5 Å². The van der Waals surface area contributed by atoms with Gasteiger partial charge < -0.3 is 11.1 Å². The SMILES string of the molecule is Nc1nc(NCC(c2cccs2)N2CCCC2)nc2ccccc12. The summed E-state index contributed by atoms with van der Waals surface area (Å²) >= 11 is 1.81. The van der Waals surface area contributed by atoms with E-state index in [0.29, 0.717) is 17.8 Å². The van der Waals surface area contributed by atoms with Crippen molar-refractivity contribution >= 4 is 34.0 Å². The summed E-state index contributed by atoms with van der Waals surface area (Å²) < 4.78 is 0. The van der Waals surface area contributed by atoms with E-state index in [0.717, 1.165) is 30.5 Å². The first-order valence-electron chi connectivity index (χ1n) is 8.35. The van der Waals surface area contributed by atoms with Gasteiger partial charge in [0.1, 0.15) is 5.82 Å². The third-order valence-electron chi connectivity index (χ3n) is 4.54. The van der Waals surface area contributed by atoms with Gasteiger partial charge in [0, 0.05) is 16.8 Å². The van der Waals surface area contributed by atoms with Gasteiger partial charge in [-0.25, -0.2) is 4.98 Å². The van der Waals surface area contributed by atoms with Crippen LogP contribution in [-0.2, 0) is 0 Å². The summed E-state index contributed by atoms with van der Waals surface area (Å²) in [6.07, 6.45) is 2.56. The topological polar surface area (TPSA) is 67.1 Å². The van der Waals surface area contributed by atoms with Crippen LogP contribution in [0.1, 0.15) is 23.8 Å².